The molecule has 1 fully saturated rings. The SMILES string of the molecule is CC[C@]1(O)[C@H](C)NC(=O)N1C.CN.O=Cc1ccc(Cl)[nH]1. The maximum atomic E-state index is 11.0. The number of H-pyrrole nitrogens is 1. The number of rotatable bonds is 2. The van der Waals surface area contributed by atoms with Gasteiger partial charge in [0.15, 0.2) is 12.0 Å². The summed E-state index contributed by atoms with van der Waals surface area (Å²) in [4.78, 5) is 24.9. The molecule has 0 aromatic carbocycles. The molecule has 120 valence electrons. The van der Waals surface area contributed by atoms with Gasteiger partial charge in [-0.2, -0.15) is 0 Å². The van der Waals surface area contributed by atoms with Crippen LogP contribution in [0.15, 0.2) is 12.1 Å². The van der Waals surface area contributed by atoms with Crippen molar-refractivity contribution in [3.05, 3.63) is 23.0 Å². The monoisotopic (exact) mass is 318 g/mol. The van der Waals surface area contributed by atoms with E-state index >= 15 is 0 Å². The Morgan fingerprint density at radius 2 is 2.10 bits per heavy atom. The number of halogens is 1. The van der Waals surface area contributed by atoms with E-state index < -0.39 is 5.72 Å². The Morgan fingerprint density at radius 1 is 1.52 bits per heavy atom. The number of carbonyl (C=O) groups excluding carboxylic acids is 2. The third kappa shape index (κ3) is 4.73. The molecule has 0 aliphatic carbocycles. The van der Waals surface area contributed by atoms with Gasteiger partial charge in [0.25, 0.3) is 0 Å². The van der Waals surface area contributed by atoms with E-state index in [0.29, 0.717) is 23.6 Å². The Bertz CT molecular complexity index is 466. The first-order valence-corrected chi connectivity index (χ1v) is 6.87. The van der Waals surface area contributed by atoms with Gasteiger partial charge in [-0.3, -0.25) is 9.69 Å². The second-order valence-corrected chi connectivity index (χ2v) is 4.75. The number of nitrogens with zero attached hydrogens (tertiary/aromatic N) is 1. The summed E-state index contributed by atoms with van der Waals surface area (Å²) in [6.07, 6.45) is 1.26. The van der Waals surface area contributed by atoms with Crippen LogP contribution in [-0.2, 0) is 0 Å². The first kappa shape index (κ1) is 19.4. The fourth-order valence-corrected chi connectivity index (χ4v) is 2.03. The summed E-state index contributed by atoms with van der Waals surface area (Å²) in [5, 5.41) is 13.0. The normalized spacial score (nSPS) is 23.5. The molecule has 1 aliphatic heterocycles. The van der Waals surface area contributed by atoms with Crippen molar-refractivity contribution in [1.82, 2.24) is 15.2 Å². The first-order chi connectivity index (χ1) is 9.85. The molecule has 0 bridgehead atoms. The predicted octanol–water partition coefficient (Wildman–Crippen LogP) is 1.18. The minimum absolute atomic E-state index is 0.190. The Balaban J connectivity index is 0.000000354. The lowest BCUT2D eigenvalue weighted by molar-refractivity contribution is -0.0656. The van der Waals surface area contributed by atoms with Crippen LogP contribution in [-0.4, -0.2) is 53.2 Å². The van der Waals surface area contributed by atoms with Gasteiger partial charge >= 0.3 is 6.03 Å². The fraction of sp³-hybridized carbons (Fsp3) is 0.538. The summed E-state index contributed by atoms with van der Waals surface area (Å²) in [5.74, 6) is 0. The van der Waals surface area contributed by atoms with Gasteiger partial charge < -0.3 is 21.1 Å². The van der Waals surface area contributed by atoms with Gasteiger partial charge in [-0.1, -0.05) is 18.5 Å². The van der Waals surface area contributed by atoms with Gasteiger partial charge in [-0.15, -0.1) is 0 Å². The maximum Gasteiger partial charge on any atom is 0.319 e. The molecule has 5 N–H and O–H groups in total. The van der Waals surface area contributed by atoms with Gasteiger partial charge in [0.2, 0.25) is 0 Å². The Kier molecular flexibility index (Phi) is 8.01. The van der Waals surface area contributed by atoms with Gasteiger partial charge in [-0.25, -0.2) is 4.79 Å². The Morgan fingerprint density at radius 3 is 2.29 bits per heavy atom. The highest BCUT2D eigenvalue weighted by Gasteiger charge is 2.45. The van der Waals surface area contributed by atoms with Crippen molar-refractivity contribution in [3.8, 4) is 0 Å². The van der Waals surface area contributed by atoms with Gasteiger partial charge in [0, 0.05) is 7.05 Å². The van der Waals surface area contributed by atoms with Crippen LogP contribution < -0.4 is 11.1 Å². The van der Waals surface area contributed by atoms with Crippen LogP contribution in [0.4, 0.5) is 4.79 Å². The molecule has 8 heteroatoms. The molecule has 0 unspecified atom stereocenters. The number of carbonyl (C=O) groups is 2. The number of likely N-dealkylation sites (N-methyl/N-ethyl adjacent to an activating group) is 1. The molecule has 1 aromatic rings. The van der Waals surface area contributed by atoms with E-state index in [1.807, 2.05) is 6.92 Å². The highest BCUT2D eigenvalue weighted by Crippen LogP contribution is 2.24. The Hall–Kier alpha value is -1.57. The lowest BCUT2D eigenvalue weighted by Crippen LogP contribution is -2.48. The lowest BCUT2D eigenvalue weighted by Gasteiger charge is -2.30. The molecule has 1 aromatic heterocycles. The molecule has 1 aliphatic rings. The van der Waals surface area contributed by atoms with Crippen LogP contribution >= 0.6 is 11.6 Å². The molecule has 2 atom stereocenters. The van der Waals surface area contributed by atoms with Crippen LogP contribution in [0.1, 0.15) is 30.8 Å². The third-order valence-corrected chi connectivity index (χ3v) is 3.46. The van der Waals surface area contributed by atoms with E-state index in [-0.39, 0.29) is 12.1 Å². The molecule has 2 rings (SSSR count). The number of amides is 2. The first-order valence-electron chi connectivity index (χ1n) is 6.49. The van der Waals surface area contributed by atoms with Crippen LogP contribution in [0.25, 0.3) is 0 Å². The zero-order chi connectivity index (χ0) is 16.6. The van der Waals surface area contributed by atoms with E-state index in [1.165, 1.54) is 11.9 Å². The second kappa shape index (κ2) is 8.66. The maximum absolute atomic E-state index is 11.0. The number of aliphatic hydroxyl groups is 1. The quantitative estimate of drug-likeness (QED) is 0.613. The second-order valence-electron chi connectivity index (χ2n) is 4.34. The molecular weight excluding hydrogens is 296 g/mol. The van der Waals surface area contributed by atoms with E-state index in [4.69, 9.17) is 11.6 Å². The molecule has 1 saturated heterocycles. The van der Waals surface area contributed by atoms with Gasteiger partial charge in [0.05, 0.1) is 11.7 Å². The molecule has 21 heavy (non-hydrogen) atoms. The van der Waals surface area contributed by atoms with Crippen molar-refractivity contribution in [2.75, 3.05) is 14.1 Å². The number of aldehydes is 1. The summed E-state index contributed by atoms with van der Waals surface area (Å²) >= 11 is 5.42. The summed E-state index contributed by atoms with van der Waals surface area (Å²) in [6, 6.07) is 2.85. The van der Waals surface area contributed by atoms with E-state index in [2.05, 4.69) is 16.0 Å². The van der Waals surface area contributed by atoms with Crippen molar-refractivity contribution < 1.29 is 14.7 Å². The highest BCUT2D eigenvalue weighted by molar-refractivity contribution is 6.29. The van der Waals surface area contributed by atoms with E-state index in [0.717, 1.165) is 0 Å². The highest BCUT2D eigenvalue weighted by atomic mass is 35.5. The summed E-state index contributed by atoms with van der Waals surface area (Å²) in [7, 11) is 3.10. The molecule has 0 radical (unpaired) electrons. The number of hydrogen-bond donors (Lipinski definition) is 4. The van der Waals surface area contributed by atoms with Crippen LogP contribution in [0.3, 0.4) is 0 Å². The van der Waals surface area contributed by atoms with Gasteiger partial charge in [0.1, 0.15) is 5.15 Å². The fourth-order valence-electron chi connectivity index (χ4n) is 1.86. The third-order valence-electron chi connectivity index (χ3n) is 3.24. The van der Waals surface area contributed by atoms with Crippen LogP contribution in [0.5, 0.6) is 0 Å². The number of nitrogens with two attached hydrogens (primary N) is 1. The predicted molar refractivity (Wildman–Crippen MR) is 82.3 cm³/mol. The van der Waals surface area contributed by atoms with E-state index in [1.54, 1.807) is 26.1 Å². The summed E-state index contributed by atoms with van der Waals surface area (Å²) < 4.78 is 0. The summed E-state index contributed by atoms with van der Waals surface area (Å²) in [5.41, 5.74) is 4.01. The average Bonchev–Trinajstić information content (AvgIpc) is 3.00. The number of hydrogen-bond acceptors (Lipinski definition) is 4. The molecule has 0 saturated carbocycles. The Labute approximate surface area is 129 Å². The minimum atomic E-state index is -1.00. The molecule has 2 heterocycles. The summed E-state index contributed by atoms with van der Waals surface area (Å²) in [6.45, 7) is 3.65. The largest absolute Gasteiger partial charge is 0.369 e. The topological polar surface area (TPSA) is 111 Å². The van der Waals surface area contributed by atoms with Crippen molar-refractivity contribution in [3.63, 3.8) is 0 Å². The smallest absolute Gasteiger partial charge is 0.319 e. The van der Waals surface area contributed by atoms with E-state index in [9.17, 15) is 14.7 Å². The van der Waals surface area contributed by atoms with Crippen molar-refractivity contribution in [2.45, 2.75) is 32.0 Å². The number of urea groups is 1. The van der Waals surface area contributed by atoms with Crippen molar-refractivity contribution in [1.29, 1.82) is 0 Å². The van der Waals surface area contributed by atoms with Crippen molar-refractivity contribution in [2.24, 2.45) is 5.73 Å². The molecule has 2 amide bonds. The molecular formula is C13H23ClN4O3. The van der Waals surface area contributed by atoms with Crippen LogP contribution in [0.2, 0.25) is 5.15 Å². The van der Waals surface area contributed by atoms with Crippen molar-refractivity contribution >= 4 is 23.9 Å². The number of nitrogens with one attached hydrogen (secondary N) is 2. The molecule has 0 spiro atoms. The zero-order valence-electron chi connectivity index (χ0n) is 12.7. The molecule has 7 nitrogen and oxygen atoms in total. The standard InChI is InChI=1S/C7H14N2O2.C5H4ClNO.CH5N/c1-4-7(11)5(2)8-6(10)9(7)3;6-5-2-1-4(3-8)7-5;1-2/h5,11H,4H2,1-3H3,(H,8,10);1-3,7H;2H2,1H3/t5-,7-;;/m0../s1. The number of aromatic nitrogens is 1. The van der Waals surface area contributed by atoms with Gasteiger partial charge in [-0.05, 0) is 32.5 Å². The van der Waals surface area contributed by atoms with Crippen LogP contribution in [0, 0.1) is 0 Å². The average molecular weight is 319 g/mol. The zero-order valence-corrected chi connectivity index (χ0v) is 13.4. The number of aromatic amines is 1. The lowest BCUT2D eigenvalue weighted by atomic mass is 10.0. The minimum Gasteiger partial charge on any atom is -0.369 e.